The van der Waals surface area contributed by atoms with E-state index in [0.717, 1.165) is 19.4 Å². The van der Waals surface area contributed by atoms with Gasteiger partial charge in [-0.25, -0.2) is 4.79 Å². The maximum Gasteiger partial charge on any atom is 0.321 e. The van der Waals surface area contributed by atoms with Gasteiger partial charge >= 0.3 is 6.03 Å². The van der Waals surface area contributed by atoms with Crippen LogP contribution in [0.15, 0.2) is 18.2 Å². The molecule has 2 amide bonds. The summed E-state index contributed by atoms with van der Waals surface area (Å²) >= 11 is 0. The summed E-state index contributed by atoms with van der Waals surface area (Å²) in [6.07, 6.45) is 2.09. The molecule has 1 aromatic rings. The zero-order chi connectivity index (χ0) is 15.9. The van der Waals surface area contributed by atoms with E-state index in [2.05, 4.69) is 5.32 Å². The molecule has 1 unspecified atom stereocenters. The van der Waals surface area contributed by atoms with E-state index in [1.54, 1.807) is 33.5 Å². The molecule has 0 spiro atoms. The fourth-order valence-electron chi connectivity index (χ4n) is 2.80. The zero-order valence-corrected chi connectivity index (χ0v) is 13.4. The Morgan fingerprint density at radius 2 is 2.14 bits per heavy atom. The van der Waals surface area contributed by atoms with Crippen LogP contribution < -0.4 is 14.8 Å². The third-order valence-electron chi connectivity index (χ3n) is 3.85. The normalized spacial score (nSPS) is 18.0. The maximum absolute atomic E-state index is 12.5. The molecule has 0 bridgehead atoms. The van der Waals surface area contributed by atoms with Crippen molar-refractivity contribution >= 4 is 11.7 Å². The lowest BCUT2D eigenvalue weighted by Crippen LogP contribution is -2.43. The number of anilines is 1. The van der Waals surface area contributed by atoms with Gasteiger partial charge in [0, 0.05) is 26.1 Å². The minimum atomic E-state index is -0.118. The van der Waals surface area contributed by atoms with Gasteiger partial charge in [0.2, 0.25) is 0 Å². The van der Waals surface area contributed by atoms with Crippen LogP contribution in [0.4, 0.5) is 10.5 Å². The Morgan fingerprint density at radius 3 is 2.82 bits per heavy atom. The number of carbonyl (C=O) groups excluding carboxylic acids is 1. The van der Waals surface area contributed by atoms with Crippen LogP contribution in [0.2, 0.25) is 0 Å². The van der Waals surface area contributed by atoms with Gasteiger partial charge in [0.05, 0.1) is 26.5 Å². The molecule has 22 heavy (non-hydrogen) atoms. The molecule has 6 nitrogen and oxygen atoms in total. The monoisotopic (exact) mass is 308 g/mol. The highest BCUT2D eigenvalue weighted by molar-refractivity contribution is 5.91. The Morgan fingerprint density at radius 1 is 1.32 bits per heavy atom. The Labute approximate surface area is 131 Å². The smallest absolute Gasteiger partial charge is 0.321 e. The van der Waals surface area contributed by atoms with Crippen molar-refractivity contribution in [3.8, 4) is 11.5 Å². The third kappa shape index (κ3) is 3.82. The second-order valence-corrected chi connectivity index (χ2v) is 5.38. The summed E-state index contributed by atoms with van der Waals surface area (Å²) in [5.41, 5.74) is 0.612. The molecule has 1 aliphatic heterocycles. The summed E-state index contributed by atoms with van der Waals surface area (Å²) in [5.74, 6) is 1.52. The summed E-state index contributed by atoms with van der Waals surface area (Å²) in [6, 6.07) is 5.30. The molecule has 1 aromatic carbocycles. The number of rotatable bonds is 5. The van der Waals surface area contributed by atoms with Crippen LogP contribution in [-0.4, -0.2) is 52.0 Å². The first kappa shape index (κ1) is 16.4. The highest BCUT2D eigenvalue weighted by Crippen LogP contribution is 2.35. The van der Waals surface area contributed by atoms with E-state index >= 15 is 0 Å². The van der Waals surface area contributed by atoms with Crippen LogP contribution in [0, 0.1) is 5.92 Å². The maximum atomic E-state index is 12.5. The summed E-state index contributed by atoms with van der Waals surface area (Å²) in [6.45, 7) is 2.16. The van der Waals surface area contributed by atoms with E-state index in [0.29, 0.717) is 36.3 Å². The lowest BCUT2D eigenvalue weighted by atomic mass is 9.99. The summed E-state index contributed by atoms with van der Waals surface area (Å²) < 4.78 is 15.8. The number of carbonyl (C=O) groups is 1. The summed E-state index contributed by atoms with van der Waals surface area (Å²) in [4.78, 5) is 14.3. The quantitative estimate of drug-likeness (QED) is 0.908. The number of ether oxygens (including phenoxy) is 3. The number of likely N-dealkylation sites (tertiary alicyclic amines) is 1. The number of methoxy groups -OCH3 is 3. The topological polar surface area (TPSA) is 60.0 Å². The molecule has 2 rings (SSSR count). The van der Waals surface area contributed by atoms with Crippen LogP contribution in [-0.2, 0) is 4.74 Å². The molecule has 122 valence electrons. The Bertz CT molecular complexity index is 505. The van der Waals surface area contributed by atoms with Gasteiger partial charge in [-0.05, 0) is 25.0 Å². The molecule has 1 saturated heterocycles. The van der Waals surface area contributed by atoms with Crippen LogP contribution in [0.1, 0.15) is 12.8 Å². The average molecular weight is 308 g/mol. The van der Waals surface area contributed by atoms with Gasteiger partial charge < -0.3 is 24.4 Å². The van der Waals surface area contributed by atoms with E-state index in [9.17, 15) is 4.79 Å². The Kier molecular flexibility index (Phi) is 5.89. The van der Waals surface area contributed by atoms with Crippen molar-refractivity contribution in [1.29, 1.82) is 0 Å². The van der Waals surface area contributed by atoms with Crippen molar-refractivity contribution in [1.82, 2.24) is 4.90 Å². The molecule has 1 N–H and O–H groups in total. The first-order valence-electron chi connectivity index (χ1n) is 7.45. The number of hydrogen-bond donors (Lipinski definition) is 1. The molecule has 1 heterocycles. The van der Waals surface area contributed by atoms with Crippen LogP contribution in [0.3, 0.4) is 0 Å². The SMILES string of the molecule is COCC1CCCN(C(=O)Nc2cccc(OC)c2OC)C1. The number of hydrogen-bond acceptors (Lipinski definition) is 4. The van der Waals surface area contributed by atoms with Crippen molar-refractivity contribution in [2.45, 2.75) is 12.8 Å². The van der Waals surface area contributed by atoms with E-state index in [4.69, 9.17) is 14.2 Å². The third-order valence-corrected chi connectivity index (χ3v) is 3.85. The van der Waals surface area contributed by atoms with Crippen molar-refractivity contribution in [2.24, 2.45) is 5.92 Å². The summed E-state index contributed by atoms with van der Waals surface area (Å²) in [7, 11) is 4.83. The zero-order valence-electron chi connectivity index (χ0n) is 13.4. The number of benzene rings is 1. The van der Waals surface area contributed by atoms with Gasteiger partial charge in [-0.2, -0.15) is 0 Å². The lowest BCUT2D eigenvalue weighted by molar-refractivity contribution is 0.104. The second-order valence-electron chi connectivity index (χ2n) is 5.38. The number of urea groups is 1. The van der Waals surface area contributed by atoms with Crippen LogP contribution >= 0.6 is 0 Å². The van der Waals surface area contributed by atoms with Gasteiger partial charge in [0.15, 0.2) is 11.5 Å². The molecule has 0 saturated carbocycles. The fraction of sp³-hybridized carbons (Fsp3) is 0.562. The molecule has 1 fully saturated rings. The van der Waals surface area contributed by atoms with Crippen molar-refractivity contribution in [3.63, 3.8) is 0 Å². The molecule has 0 aromatic heterocycles. The molecule has 1 aliphatic rings. The number of piperidine rings is 1. The Balaban J connectivity index is 2.05. The van der Waals surface area contributed by atoms with Crippen LogP contribution in [0.5, 0.6) is 11.5 Å². The predicted octanol–water partition coefficient (Wildman–Crippen LogP) is 2.59. The van der Waals surface area contributed by atoms with E-state index in [1.165, 1.54) is 0 Å². The molecule has 6 heteroatoms. The first-order valence-corrected chi connectivity index (χ1v) is 7.45. The minimum absolute atomic E-state index is 0.118. The minimum Gasteiger partial charge on any atom is -0.493 e. The van der Waals surface area contributed by atoms with Crippen molar-refractivity contribution in [3.05, 3.63) is 18.2 Å². The number of nitrogens with one attached hydrogen (secondary N) is 1. The highest BCUT2D eigenvalue weighted by atomic mass is 16.5. The molecule has 1 atom stereocenters. The highest BCUT2D eigenvalue weighted by Gasteiger charge is 2.24. The number of amides is 2. The molecule has 0 aliphatic carbocycles. The van der Waals surface area contributed by atoms with E-state index < -0.39 is 0 Å². The van der Waals surface area contributed by atoms with E-state index in [1.807, 2.05) is 11.0 Å². The molecule has 0 radical (unpaired) electrons. The van der Waals surface area contributed by atoms with Crippen molar-refractivity contribution in [2.75, 3.05) is 46.3 Å². The molecular weight excluding hydrogens is 284 g/mol. The predicted molar refractivity (Wildman–Crippen MR) is 84.7 cm³/mol. The second kappa shape index (κ2) is 7.89. The van der Waals surface area contributed by atoms with Gasteiger partial charge in [0.1, 0.15) is 0 Å². The number of para-hydroxylation sites is 1. The van der Waals surface area contributed by atoms with Crippen molar-refractivity contribution < 1.29 is 19.0 Å². The van der Waals surface area contributed by atoms with Gasteiger partial charge in [0.25, 0.3) is 0 Å². The van der Waals surface area contributed by atoms with Gasteiger partial charge in [-0.15, -0.1) is 0 Å². The summed E-state index contributed by atoms with van der Waals surface area (Å²) in [5, 5.41) is 2.91. The van der Waals surface area contributed by atoms with Gasteiger partial charge in [-0.1, -0.05) is 6.07 Å². The fourth-order valence-corrected chi connectivity index (χ4v) is 2.80. The largest absolute Gasteiger partial charge is 0.493 e. The molecular formula is C16H24N2O4. The first-order chi connectivity index (χ1) is 10.7. The number of nitrogens with zero attached hydrogens (tertiary/aromatic N) is 1. The average Bonchev–Trinajstić information content (AvgIpc) is 2.55. The standard InChI is InChI=1S/C16H24N2O4/c1-20-11-12-6-5-9-18(10-12)16(19)17-13-7-4-8-14(21-2)15(13)22-3/h4,7-8,12H,5-6,9-11H2,1-3H3,(H,17,19). The van der Waals surface area contributed by atoms with Gasteiger partial charge in [-0.3, -0.25) is 0 Å². The Hall–Kier alpha value is -1.95. The lowest BCUT2D eigenvalue weighted by Gasteiger charge is -2.32. The van der Waals surface area contributed by atoms with Crippen LogP contribution in [0.25, 0.3) is 0 Å². The van der Waals surface area contributed by atoms with E-state index in [-0.39, 0.29) is 6.03 Å².